The summed E-state index contributed by atoms with van der Waals surface area (Å²) >= 11 is 1.93. The van der Waals surface area contributed by atoms with Crippen molar-refractivity contribution in [2.75, 3.05) is 5.75 Å². The molecule has 11 heavy (non-hydrogen) atoms. The Morgan fingerprint density at radius 1 is 1.45 bits per heavy atom. The van der Waals surface area contributed by atoms with Crippen LogP contribution in [-0.2, 0) is 0 Å². The molecule has 1 aliphatic rings. The van der Waals surface area contributed by atoms with Crippen molar-refractivity contribution in [2.45, 2.75) is 44.5 Å². The van der Waals surface area contributed by atoms with E-state index in [1.807, 2.05) is 11.8 Å². The van der Waals surface area contributed by atoms with Gasteiger partial charge in [0.2, 0.25) is 0 Å². The lowest BCUT2D eigenvalue weighted by atomic mass is 9.91. The molecule has 0 radical (unpaired) electrons. The molecule has 1 fully saturated rings. The molecular formula is C9H18OS. The molecule has 66 valence electrons. The molecule has 0 aromatic heterocycles. The van der Waals surface area contributed by atoms with Gasteiger partial charge in [0.25, 0.3) is 0 Å². The molecular weight excluding hydrogens is 156 g/mol. The maximum absolute atomic E-state index is 9.86. The Kier molecular flexibility index (Phi) is 2.87. The molecule has 1 aliphatic heterocycles. The molecule has 1 N–H and O–H groups in total. The number of thioether (sulfide) groups is 1. The predicted octanol–water partition coefficient (Wildman–Crippen LogP) is 2.29. The maximum Gasteiger partial charge on any atom is 0.0706 e. The van der Waals surface area contributed by atoms with Gasteiger partial charge in [-0.3, -0.25) is 0 Å². The summed E-state index contributed by atoms with van der Waals surface area (Å²) in [5.41, 5.74) is 0. The van der Waals surface area contributed by atoms with E-state index in [0.717, 1.165) is 0 Å². The zero-order valence-corrected chi connectivity index (χ0v) is 8.45. The minimum absolute atomic E-state index is 0.130. The van der Waals surface area contributed by atoms with Gasteiger partial charge < -0.3 is 5.11 Å². The van der Waals surface area contributed by atoms with Crippen LogP contribution in [0.2, 0.25) is 0 Å². The van der Waals surface area contributed by atoms with Gasteiger partial charge in [0.1, 0.15) is 0 Å². The molecule has 2 heteroatoms. The first-order chi connectivity index (χ1) is 5.06. The zero-order chi connectivity index (χ0) is 8.48. The summed E-state index contributed by atoms with van der Waals surface area (Å²) < 4.78 is 0.147. The lowest BCUT2D eigenvalue weighted by Gasteiger charge is -2.31. The molecule has 0 saturated carbocycles. The third-order valence-corrected chi connectivity index (χ3v) is 4.10. The highest BCUT2D eigenvalue weighted by Crippen LogP contribution is 2.42. The molecule has 0 spiro atoms. The van der Waals surface area contributed by atoms with Gasteiger partial charge in [-0.1, -0.05) is 13.8 Å². The highest BCUT2D eigenvalue weighted by molar-refractivity contribution is 8.00. The molecule has 2 unspecified atom stereocenters. The van der Waals surface area contributed by atoms with Crippen molar-refractivity contribution in [3.63, 3.8) is 0 Å². The first-order valence-corrected chi connectivity index (χ1v) is 5.37. The molecule has 0 aromatic carbocycles. The largest absolute Gasteiger partial charge is 0.391 e. The van der Waals surface area contributed by atoms with Crippen molar-refractivity contribution < 1.29 is 5.11 Å². The van der Waals surface area contributed by atoms with Crippen LogP contribution in [0.5, 0.6) is 0 Å². The fourth-order valence-electron chi connectivity index (χ4n) is 1.74. The second-order valence-electron chi connectivity index (χ2n) is 3.95. The van der Waals surface area contributed by atoms with Crippen molar-refractivity contribution in [1.29, 1.82) is 0 Å². The van der Waals surface area contributed by atoms with Crippen molar-refractivity contribution >= 4 is 11.8 Å². The fraction of sp³-hybridized carbons (Fsp3) is 1.00. The SMILES string of the molecule is CC(C)C(O)C1(C)CCCS1. The summed E-state index contributed by atoms with van der Waals surface area (Å²) in [6.07, 6.45) is 2.32. The van der Waals surface area contributed by atoms with Crippen LogP contribution in [0.15, 0.2) is 0 Å². The average molecular weight is 174 g/mol. The number of rotatable bonds is 2. The second-order valence-corrected chi connectivity index (χ2v) is 5.58. The Labute approximate surface area is 73.6 Å². The summed E-state index contributed by atoms with van der Waals surface area (Å²) in [7, 11) is 0. The van der Waals surface area contributed by atoms with Crippen molar-refractivity contribution in [1.82, 2.24) is 0 Å². The first-order valence-electron chi connectivity index (χ1n) is 4.38. The third-order valence-electron chi connectivity index (χ3n) is 2.51. The summed E-state index contributed by atoms with van der Waals surface area (Å²) in [6, 6.07) is 0. The van der Waals surface area contributed by atoms with Crippen LogP contribution in [0, 0.1) is 5.92 Å². The predicted molar refractivity (Wildman–Crippen MR) is 50.9 cm³/mol. The Morgan fingerprint density at radius 3 is 2.45 bits per heavy atom. The summed E-state index contributed by atoms with van der Waals surface area (Å²) in [5, 5.41) is 9.86. The van der Waals surface area contributed by atoms with Crippen molar-refractivity contribution in [3.05, 3.63) is 0 Å². The van der Waals surface area contributed by atoms with Crippen LogP contribution in [0.25, 0.3) is 0 Å². The van der Waals surface area contributed by atoms with E-state index >= 15 is 0 Å². The van der Waals surface area contributed by atoms with E-state index in [2.05, 4.69) is 20.8 Å². The minimum Gasteiger partial charge on any atom is -0.391 e. The van der Waals surface area contributed by atoms with Gasteiger partial charge in [0.05, 0.1) is 6.10 Å². The van der Waals surface area contributed by atoms with Gasteiger partial charge in [0.15, 0.2) is 0 Å². The summed E-state index contributed by atoms with van der Waals surface area (Å²) in [6.45, 7) is 6.37. The topological polar surface area (TPSA) is 20.2 Å². The van der Waals surface area contributed by atoms with Crippen LogP contribution in [-0.4, -0.2) is 21.7 Å². The lowest BCUT2D eigenvalue weighted by molar-refractivity contribution is 0.0881. The normalized spacial score (nSPS) is 34.6. The molecule has 0 aromatic rings. The zero-order valence-electron chi connectivity index (χ0n) is 7.63. The monoisotopic (exact) mass is 174 g/mol. The summed E-state index contributed by atoms with van der Waals surface area (Å²) in [5.74, 6) is 1.62. The van der Waals surface area contributed by atoms with Crippen LogP contribution in [0.4, 0.5) is 0 Å². The van der Waals surface area contributed by atoms with E-state index in [4.69, 9.17) is 0 Å². The van der Waals surface area contributed by atoms with E-state index in [9.17, 15) is 5.11 Å². The molecule has 0 amide bonds. The number of aliphatic hydroxyl groups is 1. The van der Waals surface area contributed by atoms with Crippen LogP contribution < -0.4 is 0 Å². The Hall–Kier alpha value is 0.310. The van der Waals surface area contributed by atoms with Gasteiger partial charge in [-0.05, 0) is 31.4 Å². The standard InChI is InChI=1S/C9H18OS/c1-7(2)8(10)9(3)5-4-6-11-9/h7-8,10H,4-6H2,1-3H3. The van der Waals surface area contributed by atoms with E-state index < -0.39 is 0 Å². The van der Waals surface area contributed by atoms with Gasteiger partial charge >= 0.3 is 0 Å². The van der Waals surface area contributed by atoms with Gasteiger partial charge in [0, 0.05) is 4.75 Å². The smallest absolute Gasteiger partial charge is 0.0706 e. The maximum atomic E-state index is 9.86. The lowest BCUT2D eigenvalue weighted by Crippen LogP contribution is -2.37. The second kappa shape index (κ2) is 3.36. The minimum atomic E-state index is -0.130. The van der Waals surface area contributed by atoms with E-state index in [1.165, 1.54) is 18.6 Å². The third kappa shape index (κ3) is 1.91. The van der Waals surface area contributed by atoms with Crippen LogP contribution in [0.3, 0.4) is 0 Å². The Bertz CT molecular complexity index is 128. The first kappa shape index (κ1) is 9.40. The van der Waals surface area contributed by atoms with E-state index in [0.29, 0.717) is 5.92 Å². The highest BCUT2D eigenvalue weighted by atomic mass is 32.2. The number of hydrogen-bond acceptors (Lipinski definition) is 2. The molecule has 2 atom stereocenters. The average Bonchev–Trinajstić information content (AvgIpc) is 2.35. The van der Waals surface area contributed by atoms with E-state index in [-0.39, 0.29) is 10.9 Å². The molecule has 1 nitrogen and oxygen atoms in total. The molecule has 1 saturated heterocycles. The fourth-order valence-corrected chi connectivity index (χ4v) is 3.23. The Morgan fingerprint density at radius 2 is 2.09 bits per heavy atom. The molecule has 1 heterocycles. The molecule has 0 bridgehead atoms. The van der Waals surface area contributed by atoms with Gasteiger partial charge in [-0.2, -0.15) is 11.8 Å². The quantitative estimate of drug-likeness (QED) is 0.693. The van der Waals surface area contributed by atoms with Gasteiger partial charge in [-0.25, -0.2) is 0 Å². The number of aliphatic hydroxyl groups excluding tert-OH is 1. The van der Waals surface area contributed by atoms with Crippen molar-refractivity contribution in [3.8, 4) is 0 Å². The number of hydrogen-bond donors (Lipinski definition) is 1. The highest BCUT2D eigenvalue weighted by Gasteiger charge is 2.38. The van der Waals surface area contributed by atoms with E-state index in [1.54, 1.807) is 0 Å². The summed E-state index contributed by atoms with van der Waals surface area (Å²) in [4.78, 5) is 0. The van der Waals surface area contributed by atoms with Crippen molar-refractivity contribution in [2.24, 2.45) is 5.92 Å². The molecule has 0 aliphatic carbocycles. The van der Waals surface area contributed by atoms with Crippen LogP contribution in [0.1, 0.15) is 33.6 Å². The molecule has 1 rings (SSSR count). The van der Waals surface area contributed by atoms with Crippen LogP contribution >= 0.6 is 11.8 Å². The Balaban J connectivity index is 2.56. The van der Waals surface area contributed by atoms with Gasteiger partial charge in [-0.15, -0.1) is 0 Å².